The minimum atomic E-state index is -1.34. The van der Waals surface area contributed by atoms with Gasteiger partial charge in [-0.2, -0.15) is 0 Å². The van der Waals surface area contributed by atoms with Crippen LogP contribution in [0, 0.1) is 17.3 Å². The van der Waals surface area contributed by atoms with Crippen LogP contribution in [0.5, 0.6) is 0 Å². The van der Waals surface area contributed by atoms with Gasteiger partial charge in [0.15, 0.2) is 17.3 Å². The molecule has 33 heavy (non-hydrogen) atoms. The number of ether oxygens (including phenoxy) is 4. The fraction of sp³-hybridized carbons (Fsp3) is 0.708. The lowest BCUT2D eigenvalue weighted by atomic mass is 9.57. The van der Waals surface area contributed by atoms with Crippen molar-refractivity contribution in [1.82, 2.24) is 0 Å². The number of hydrogen-bond acceptors (Lipinski definition) is 9. The van der Waals surface area contributed by atoms with E-state index in [1.807, 2.05) is 0 Å². The van der Waals surface area contributed by atoms with E-state index in [1.54, 1.807) is 45.9 Å². The molecule has 0 aromatic heterocycles. The van der Waals surface area contributed by atoms with Crippen molar-refractivity contribution in [2.24, 2.45) is 17.3 Å². The predicted molar refractivity (Wildman–Crippen MR) is 113 cm³/mol. The van der Waals surface area contributed by atoms with Crippen molar-refractivity contribution >= 4 is 17.9 Å². The third-order valence-corrected chi connectivity index (χ3v) is 7.90. The predicted octanol–water partition coefficient (Wildman–Crippen LogP) is 1.20. The first-order valence-electron chi connectivity index (χ1n) is 11.3. The van der Waals surface area contributed by atoms with Crippen molar-refractivity contribution in [3.8, 4) is 0 Å². The number of esters is 3. The summed E-state index contributed by atoms with van der Waals surface area (Å²) in [5.41, 5.74) is -3.02. The summed E-state index contributed by atoms with van der Waals surface area (Å²) in [5, 5.41) is 22.5. The molecule has 1 spiro atoms. The summed E-state index contributed by atoms with van der Waals surface area (Å²) in [6.07, 6.45) is 0.369. The average molecular weight is 465 g/mol. The van der Waals surface area contributed by atoms with Crippen LogP contribution in [0.15, 0.2) is 23.8 Å². The molecule has 9 heteroatoms. The van der Waals surface area contributed by atoms with Crippen molar-refractivity contribution in [2.45, 2.75) is 89.7 Å². The lowest BCUT2D eigenvalue weighted by Gasteiger charge is -2.51. The lowest BCUT2D eigenvalue weighted by Crippen LogP contribution is -2.61. The van der Waals surface area contributed by atoms with Crippen LogP contribution >= 0.6 is 0 Å². The molecule has 0 aromatic carbocycles. The summed E-state index contributed by atoms with van der Waals surface area (Å²) < 4.78 is 23.0. The van der Waals surface area contributed by atoms with E-state index in [9.17, 15) is 24.6 Å². The maximum Gasteiger partial charge on any atom is 0.342 e. The second-order valence-corrected chi connectivity index (χ2v) is 10.2. The fourth-order valence-electron chi connectivity index (χ4n) is 6.23. The standard InChI is InChI=1S/C24H32O9/c1-11-9-16(30-13(3)25)20(31-14(4)26)22(5)8-7-15(27)12(2)18(22)19(28)24-17(10-11)32-21(29)23(24,6)33-24/h7-8,10,12,15-20,27-28H,9H2,1-6H3/b11-10-/t12-,15+,16+,17-,18+,19-,20-,22-,23-,24?/m0/s1. The molecule has 0 radical (unpaired) electrons. The Morgan fingerprint density at radius 3 is 2.36 bits per heavy atom. The Labute approximate surface area is 192 Å². The van der Waals surface area contributed by atoms with E-state index >= 15 is 0 Å². The number of hydrogen-bond donors (Lipinski definition) is 2. The van der Waals surface area contributed by atoms with Crippen LogP contribution in [0.4, 0.5) is 0 Å². The second-order valence-electron chi connectivity index (χ2n) is 10.2. The van der Waals surface area contributed by atoms with Crippen LogP contribution < -0.4 is 0 Å². The summed E-state index contributed by atoms with van der Waals surface area (Å²) in [6.45, 7) is 9.51. The van der Waals surface area contributed by atoms with E-state index in [1.165, 1.54) is 13.8 Å². The molecule has 2 aliphatic heterocycles. The van der Waals surface area contributed by atoms with Gasteiger partial charge in [-0.15, -0.1) is 0 Å². The molecule has 4 aliphatic rings. The molecule has 0 bridgehead atoms. The molecule has 0 amide bonds. The van der Waals surface area contributed by atoms with Gasteiger partial charge < -0.3 is 29.2 Å². The Morgan fingerprint density at radius 1 is 1.15 bits per heavy atom. The Hall–Kier alpha value is -2.23. The number of fused-ring (bicyclic) bond motifs is 1. The van der Waals surface area contributed by atoms with Gasteiger partial charge in [-0.05, 0) is 25.8 Å². The molecule has 2 fully saturated rings. The first-order valence-corrected chi connectivity index (χ1v) is 11.3. The monoisotopic (exact) mass is 464 g/mol. The normalized spacial score (nSPS) is 50.0. The van der Waals surface area contributed by atoms with Crippen molar-refractivity contribution in [1.29, 1.82) is 0 Å². The molecular formula is C24H32O9. The largest absolute Gasteiger partial charge is 0.458 e. The summed E-state index contributed by atoms with van der Waals surface area (Å²) >= 11 is 0. The van der Waals surface area contributed by atoms with E-state index in [0.717, 1.165) is 5.57 Å². The number of carbonyl (C=O) groups is 3. The topological polar surface area (TPSA) is 132 Å². The molecule has 2 heterocycles. The number of epoxide rings is 1. The van der Waals surface area contributed by atoms with Gasteiger partial charge in [0.2, 0.25) is 0 Å². The van der Waals surface area contributed by atoms with Crippen LogP contribution in [-0.4, -0.2) is 69.8 Å². The van der Waals surface area contributed by atoms with E-state index in [-0.39, 0.29) is 6.42 Å². The van der Waals surface area contributed by atoms with Crippen molar-refractivity contribution in [3.05, 3.63) is 23.8 Å². The smallest absolute Gasteiger partial charge is 0.342 e. The first-order chi connectivity index (χ1) is 15.3. The summed E-state index contributed by atoms with van der Waals surface area (Å²) in [7, 11) is 0. The summed E-state index contributed by atoms with van der Waals surface area (Å²) in [5.74, 6) is -2.91. The van der Waals surface area contributed by atoms with Gasteiger partial charge >= 0.3 is 17.9 Å². The number of rotatable bonds is 2. The molecule has 4 rings (SSSR count). The first kappa shape index (κ1) is 23.9. The van der Waals surface area contributed by atoms with Gasteiger partial charge in [-0.25, -0.2) is 4.79 Å². The van der Waals surface area contributed by atoms with E-state index in [2.05, 4.69) is 0 Å². The van der Waals surface area contributed by atoms with Gasteiger partial charge in [-0.3, -0.25) is 9.59 Å². The Bertz CT molecular complexity index is 940. The van der Waals surface area contributed by atoms with E-state index in [4.69, 9.17) is 18.9 Å². The number of aliphatic hydroxyl groups is 2. The number of aliphatic hydroxyl groups excluding tert-OH is 2. The zero-order chi connectivity index (χ0) is 24.5. The van der Waals surface area contributed by atoms with Crippen molar-refractivity contribution < 1.29 is 43.5 Å². The molecule has 182 valence electrons. The maximum absolute atomic E-state index is 12.7. The molecule has 2 N–H and O–H groups in total. The van der Waals surface area contributed by atoms with Crippen molar-refractivity contribution in [3.63, 3.8) is 0 Å². The van der Waals surface area contributed by atoms with Gasteiger partial charge in [0.25, 0.3) is 0 Å². The van der Waals surface area contributed by atoms with Gasteiger partial charge in [-0.1, -0.05) is 31.6 Å². The summed E-state index contributed by atoms with van der Waals surface area (Å²) in [6, 6.07) is 0. The van der Waals surface area contributed by atoms with Crippen molar-refractivity contribution in [2.75, 3.05) is 0 Å². The molecule has 9 nitrogen and oxygen atoms in total. The molecule has 2 aliphatic carbocycles. The van der Waals surface area contributed by atoms with E-state index < -0.39 is 76.9 Å². The van der Waals surface area contributed by atoms with Crippen LogP contribution in [0.3, 0.4) is 0 Å². The number of carbonyl (C=O) groups excluding carboxylic acids is 3. The highest BCUT2D eigenvalue weighted by molar-refractivity contribution is 5.88. The van der Waals surface area contributed by atoms with Crippen LogP contribution in [0.1, 0.15) is 48.0 Å². The van der Waals surface area contributed by atoms with Crippen LogP contribution in [0.25, 0.3) is 0 Å². The summed E-state index contributed by atoms with van der Waals surface area (Å²) in [4.78, 5) is 36.8. The van der Waals surface area contributed by atoms with Crippen LogP contribution in [0.2, 0.25) is 0 Å². The SMILES string of the molecule is CC(=O)O[C@@H]1C/C(C)=C\[C@@H]2OC(=O)[C@]3(C)OC23[C@@H](O)[C@H]2[C@@H](C)[C@H](O)C=C[C@]2(C)[C@H]1OC(C)=O. The van der Waals surface area contributed by atoms with E-state index in [0.29, 0.717) is 0 Å². The highest BCUT2D eigenvalue weighted by atomic mass is 16.7. The zero-order valence-corrected chi connectivity index (χ0v) is 19.7. The maximum atomic E-state index is 12.7. The highest BCUT2D eigenvalue weighted by Crippen LogP contribution is 2.64. The molecular weight excluding hydrogens is 432 g/mol. The third-order valence-electron chi connectivity index (χ3n) is 7.90. The molecule has 0 saturated carbocycles. The van der Waals surface area contributed by atoms with Gasteiger partial charge in [0.05, 0.1) is 12.2 Å². The highest BCUT2D eigenvalue weighted by Gasteiger charge is 2.85. The van der Waals surface area contributed by atoms with Crippen LogP contribution in [-0.2, 0) is 33.3 Å². The van der Waals surface area contributed by atoms with Gasteiger partial charge in [0.1, 0.15) is 12.2 Å². The lowest BCUT2D eigenvalue weighted by molar-refractivity contribution is -0.189. The van der Waals surface area contributed by atoms with Gasteiger partial charge in [0, 0.05) is 31.6 Å². The quantitative estimate of drug-likeness (QED) is 0.268. The average Bonchev–Trinajstić information content (AvgIpc) is 3.29. The molecule has 1 unspecified atom stereocenters. The molecule has 10 atom stereocenters. The second kappa shape index (κ2) is 7.65. The molecule has 0 aromatic rings. The Kier molecular flexibility index (Phi) is 5.54. The minimum absolute atomic E-state index is 0.210. The Balaban J connectivity index is 1.93. The minimum Gasteiger partial charge on any atom is -0.458 e. The fourth-order valence-corrected chi connectivity index (χ4v) is 6.23. The Morgan fingerprint density at radius 2 is 1.79 bits per heavy atom. The third kappa shape index (κ3) is 3.35. The molecule has 2 saturated heterocycles. The zero-order valence-electron chi connectivity index (χ0n) is 19.7.